The molecular weight excluding hydrogens is 319 g/mol. The number of benzene rings is 2. The van der Waals surface area contributed by atoms with E-state index in [2.05, 4.69) is 10.3 Å². The summed E-state index contributed by atoms with van der Waals surface area (Å²) in [6.45, 7) is 0. The van der Waals surface area contributed by atoms with Crippen LogP contribution in [0.15, 0.2) is 36.4 Å². The normalized spacial score (nSPS) is 10.6. The van der Waals surface area contributed by atoms with E-state index in [1.165, 1.54) is 30.6 Å². The molecule has 0 bridgehead atoms. The summed E-state index contributed by atoms with van der Waals surface area (Å²) in [7, 11) is 2.93. The maximum Gasteiger partial charge on any atom is 0.260 e. The highest BCUT2D eigenvalue weighted by Crippen LogP contribution is 2.30. The number of hydrogen-bond acceptors (Lipinski definition) is 5. The summed E-state index contributed by atoms with van der Waals surface area (Å²) >= 11 is 1.29. The van der Waals surface area contributed by atoms with Gasteiger partial charge in [-0.05, 0) is 30.3 Å². The van der Waals surface area contributed by atoms with E-state index in [0.717, 1.165) is 10.2 Å². The molecule has 0 spiro atoms. The molecular formula is C16H13FN2O3S. The summed E-state index contributed by atoms with van der Waals surface area (Å²) in [5.74, 6) is -0.549. The lowest BCUT2D eigenvalue weighted by Gasteiger charge is -2.06. The van der Waals surface area contributed by atoms with E-state index < -0.39 is 11.7 Å². The van der Waals surface area contributed by atoms with Gasteiger partial charge in [-0.3, -0.25) is 10.1 Å². The van der Waals surface area contributed by atoms with Crippen LogP contribution in [0.1, 0.15) is 10.4 Å². The SMILES string of the molecule is COc1ccc2nc(NC(=O)c3cccc(OC)c3F)sc2c1. The molecule has 118 valence electrons. The van der Waals surface area contributed by atoms with Crippen molar-refractivity contribution in [3.05, 3.63) is 47.8 Å². The zero-order chi connectivity index (χ0) is 16.4. The molecule has 1 N–H and O–H groups in total. The third-order valence-corrected chi connectivity index (χ3v) is 4.18. The summed E-state index contributed by atoms with van der Waals surface area (Å²) in [6.07, 6.45) is 0. The summed E-state index contributed by atoms with van der Waals surface area (Å²) in [4.78, 5) is 16.5. The minimum Gasteiger partial charge on any atom is -0.497 e. The topological polar surface area (TPSA) is 60.5 Å². The molecule has 0 saturated heterocycles. The largest absolute Gasteiger partial charge is 0.497 e. The molecule has 0 saturated carbocycles. The predicted molar refractivity (Wildman–Crippen MR) is 87.1 cm³/mol. The van der Waals surface area contributed by atoms with Gasteiger partial charge in [-0.15, -0.1) is 0 Å². The van der Waals surface area contributed by atoms with Crippen molar-refractivity contribution in [1.29, 1.82) is 0 Å². The molecule has 3 rings (SSSR count). The highest BCUT2D eigenvalue weighted by atomic mass is 32.1. The number of carbonyl (C=O) groups is 1. The Balaban J connectivity index is 1.88. The van der Waals surface area contributed by atoms with Crippen LogP contribution in [0.2, 0.25) is 0 Å². The van der Waals surface area contributed by atoms with Crippen LogP contribution in [0.5, 0.6) is 11.5 Å². The molecule has 0 atom stereocenters. The van der Waals surface area contributed by atoms with Crippen molar-refractivity contribution in [2.45, 2.75) is 0 Å². The van der Waals surface area contributed by atoms with E-state index in [-0.39, 0.29) is 11.3 Å². The van der Waals surface area contributed by atoms with Gasteiger partial charge in [0.05, 0.1) is 30.0 Å². The molecule has 0 aliphatic carbocycles. The lowest BCUT2D eigenvalue weighted by Crippen LogP contribution is -2.14. The molecule has 1 amide bonds. The fourth-order valence-electron chi connectivity index (χ4n) is 2.09. The smallest absolute Gasteiger partial charge is 0.260 e. The van der Waals surface area contributed by atoms with Crippen LogP contribution in [-0.4, -0.2) is 25.1 Å². The van der Waals surface area contributed by atoms with Crippen LogP contribution in [-0.2, 0) is 0 Å². The van der Waals surface area contributed by atoms with Crippen LogP contribution in [0, 0.1) is 5.82 Å². The van der Waals surface area contributed by atoms with Gasteiger partial charge in [0, 0.05) is 0 Å². The van der Waals surface area contributed by atoms with Gasteiger partial charge in [0.15, 0.2) is 16.7 Å². The molecule has 2 aromatic carbocycles. The second kappa shape index (κ2) is 6.21. The Bertz CT molecular complexity index is 879. The zero-order valence-electron chi connectivity index (χ0n) is 12.4. The summed E-state index contributed by atoms with van der Waals surface area (Å²) in [5.41, 5.74) is 0.637. The third-order valence-electron chi connectivity index (χ3n) is 3.24. The first kappa shape index (κ1) is 15.2. The number of amides is 1. The van der Waals surface area contributed by atoms with Crippen LogP contribution >= 0.6 is 11.3 Å². The number of fused-ring (bicyclic) bond motifs is 1. The fraction of sp³-hybridized carbons (Fsp3) is 0.125. The number of ether oxygens (including phenoxy) is 2. The van der Waals surface area contributed by atoms with Crippen molar-refractivity contribution >= 4 is 32.6 Å². The molecule has 0 unspecified atom stereocenters. The second-order valence-electron chi connectivity index (χ2n) is 4.63. The molecule has 0 radical (unpaired) electrons. The van der Waals surface area contributed by atoms with Crippen LogP contribution in [0.4, 0.5) is 9.52 Å². The van der Waals surface area contributed by atoms with Gasteiger partial charge in [-0.2, -0.15) is 0 Å². The molecule has 7 heteroatoms. The minimum atomic E-state index is -0.699. The lowest BCUT2D eigenvalue weighted by atomic mass is 10.2. The number of nitrogens with one attached hydrogen (secondary N) is 1. The van der Waals surface area contributed by atoms with Gasteiger partial charge in [-0.1, -0.05) is 17.4 Å². The highest BCUT2D eigenvalue weighted by molar-refractivity contribution is 7.22. The van der Waals surface area contributed by atoms with Gasteiger partial charge in [0.2, 0.25) is 0 Å². The molecule has 0 fully saturated rings. The van der Waals surface area contributed by atoms with Gasteiger partial charge in [-0.25, -0.2) is 9.37 Å². The lowest BCUT2D eigenvalue weighted by molar-refractivity contribution is 0.102. The molecule has 0 aliphatic heterocycles. The number of nitrogens with zero attached hydrogens (tertiary/aromatic N) is 1. The Labute approximate surface area is 135 Å². The maximum absolute atomic E-state index is 14.1. The minimum absolute atomic E-state index is 0.0201. The number of carbonyl (C=O) groups excluding carboxylic acids is 1. The fourth-order valence-corrected chi connectivity index (χ4v) is 2.98. The first-order chi connectivity index (χ1) is 11.1. The number of halogens is 1. The predicted octanol–water partition coefficient (Wildman–Crippen LogP) is 3.70. The van der Waals surface area contributed by atoms with E-state index in [4.69, 9.17) is 9.47 Å². The van der Waals surface area contributed by atoms with E-state index in [1.807, 2.05) is 6.07 Å². The number of aromatic nitrogens is 1. The number of hydrogen-bond donors (Lipinski definition) is 1. The van der Waals surface area contributed by atoms with Gasteiger partial charge in [0.25, 0.3) is 5.91 Å². The van der Waals surface area contributed by atoms with Crippen LogP contribution in [0.25, 0.3) is 10.2 Å². The van der Waals surface area contributed by atoms with Crippen molar-refractivity contribution < 1.29 is 18.7 Å². The van der Waals surface area contributed by atoms with E-state index in [9.17, 15) is 9.18 Å². The van der Waals surface area contributed by atoms with E-state index in [1.54, 1.807) is 25.3 Å². The molecule has 3 aromatic rings. The Morgan fingerprint density at radius 3 is 2.78 bits per heavy atom. The van der Waals surface area contributed by atoms with Crippen LogP contribution in [0.3, 0.4) is 0 Å². The first-order valence-electron chi connectivity index (χ1n) is 6.71. The average molecular weight is 332 g/mol. The molecule has 0 aliphatic rings. The standard InChI is InChI=1S/C16H13FN2O3S/c1-21-9-6-7-11-13(8-9)23-16(18-11)19-15(20)10-4-3-5-12(22-2)14(10)17/h3-8H,1-2H3,(H,18,19,20). The van der Waals surface area contributed by atoms with Gasteiger partial charge < -0.3 is 9.47 Å². The third kappa shape index (κ3) is 2.95. The maximum atomic E-state index is 14.1. The zero-order valence-corrected chi connectivity index (χ0v) is 13.2. The molecule has 23 heavy (non-hydrogen) atoms. The van der Waals surface area contributed by atoms with Gasteiger partial charge in [0.1, 0.15) is 5.75 Å². The van der Waals surface area contributed by atoms with Crippen molar-refractivity contribution in [2.24, 2.45) is 0 Å². The average Bonchev–Trinajstić information content (AvgIpc) is 2.95. The Morgan fingerprint density at radius 2 is 2.04 bits per heavy atom. The second-order valence-corrected chi connectivity index (χ2v) is 5.66. The monoisotopic (exact) mass is 332 g/mol. The van der Waals surface area contributed by atoms with Crippen molar-refractivity contribution in [1.82, 2.24) is 4.98 Å². The number of rotatable bonds is 4. The Morgan fingerprint density at radius 1 is 1.22 bits per heavy atom. The highest BCUT2D eigenvalue weighted by Gasteiger charge is 2.17. The number of methoxy groups -OCH3 is 2. The Kier molecular flexibility index (Phi) is 4.12. The van der Waals surface area contributed by atoms with Crippen molar-refractivity contribution in [2.75, 3.05) is 19.5 Å². The summed E-state index contributed by atoms with van der Waals surface area (Å²) in [6, 6.07) is 9.82. The van der Waals surface area contributed by atoms with E-state index >= 15 is 0 Å². The summed E-state index contributed by atoms with van der Waals surface area (Å²) < 4.78 is 25.0. The molecule has 1 heterocycles. The molecule has 1 aromatic heterocycles. The Hall–Kier alpha value is -2.67. The van der Waals surface area contributed by atoms with Crippen molar-refractivity contribution in [3.8, 4) is 11.5 Å². The number of thiazole rings is 1. The van der Waals surface area contributed by atoms with Crippen molar-refractivity contribution in [3.63, 3.8) is 0 Å². The van der Waals surface area contributed by atoms with Crippen LogP contribution < -0.4 is 14.8 Å². The first-order valence-corrected chi connectivity index (χ1v) is 7.52. The number of anilines is 1. The van der Waals surface area contributed by atoms with E-state index in [0.29, 0.717) is 10.9 Å². The van der Waals surface area contributed by atoms with Gasteiger partial charge >= 0.3 is 0 Å². The summed E-state index contributed by atoms with van der Waals surface area (Å²) in [5, 5.41) is 3.00. The molecule has 5 nitrogen and oxygen atoms in total. The quantitative estimate of drug-likeness (QED) is 0.791.